The molecule has 14 heavy (non-hydrogen) atoms. The molecule has 0 atom stereocenters. The van der Waals surface area contributed by atoms with Gasteiger partial charge in [-0.15, -0.1) is 0 Å². The van der Waals surface area contributed by atoms with Gasteiger partial charge in [0.05, 0.1) is 6.61 Å². The standard InChI is InChI=1S/C13H14O/c1-3-5-12(4-2)13-8-6-11(10-14)7-9-13/h3-9,14H,1-2,10H2/b12-5+. The zero-order chi connectivity index (χ0) is 10.4. The van der Waals surface area contributed by atoms with Crippen LogP contribution in [-0.4, -0.2) is 5.11 Å². The van der Waals surface area contributed by atoms with Gasteiger partial charge in [0.1, 0.15) is 0 Å². The van der Waals surface area contributed by atoms with Gasteiger partial charge < -0.3 is 5.11 Å². The van der Waals surface area contributed by atoms with Crippen LogP contribution in [-0.2, 0) is 6.61 Å². The van der Waals surface area contributed by atoms with Gasteiger partial charge in [0.2, 0.25) is 0 Å². The maximum atomic E-state index is 8.88. The molecule has 1 nitrogen and oxygen atoms in total. The van der Waals surface area contributed by atoms with E-state index in [0.717, 1.165) is 16.7 Å². The lowest BCUT2D eigenvalue weighted by molar-refractivity contribution is 0.282. The summed E-state index contributed by atoms with van der Waals surface area (Å²) in [5, 5.41) is 8.88. The van der Waals surface area contributed by atoms with Crippen molar-refractivity contribution >= 4 is 5.57 Å². The Balaban J connectivity index is 3.00. The zero-order valence-corrected chi connectivity index (χ0v) is 8.11. The lowest BCUT2D eigenvalue weighted by Gasteiger charge is -2.02. The van der Waals surface area contributed by atoms with Crippen LogP contribution in [0.15, 0.2) is 55.7 Å². The van der Waals surface area contributed by atoms with E-state index in [0.29, 0.717) is 0 Å². The van der Waals surface area contributed by atoms with E-state index < -0.39 is 0 Å². The predicted octanol–water partition coefficient (Wildman–Crippen LogP) is 2.93. The van der Waals surface area contributed by atoms with Gasteiger partial charge in [0.25, 0.3) is 0 Å². The molecule has 0 unspecified atom stereocenters. The van der Waals surface area contributed by atoms with Crippen molar-refractivity contribution in [3.8, 4) is 0 Å². The molecule has 0 spiro atoms. The van der Waals surface area contributed by atoms with Crippen molar-refractivity contribution in [2.75, 3.05) is 0 Å². The summed E-state index contributed by atoms with van der Waals surface area (Å²) in [5.41, 5.74) is 3.03. The SMILES string of the molecule is C=C/C=C(\C=C)c1ccc(CO)cc1. The molecule has 1 aromatic rings. The Kier molecular flexibility index (Phi) is 3.89. The van der Waals surface area contributed by atoms with Crippen LogP contribution in [0.25, 0.3) is 5.57 Å². The normalized spacial score (nSPS) is 11.1. The Bertz CT molecular complexity index is 344. The van der Waals surface area contributed by atoms with E-state index in [1.165, 1.54) is 0 Å². The van der Waals surface area contributed by atoms with Crippen LogP contribution in [0.1, 0.15) is 11.1 Å². The van der Waals surface area contributed by atoms with Crippen molar-refractivity contribution in [3.05, 3.63) is 66.8 Å². The average Bonchev–Trinajstić information content (AvgIpc) is 2.26. The molecule has 1 heteroatoms. The summed E-state index contributed by atoms with van der Waals surface area (Å²) in [6.07, 6.45) is 5.42. The first-order chi connectivity index (χ1) is 6.81. The summed E-state index contributed by atoms with van der Waals surface area (Å²) < 4.78 is 0. The van der Waals surface area contributed by atoms with Gasteiger partial charge in [0, 0.05) is 0 Å². The molecule has 0 aromatic heterocycles. The van der Waals surface area contributed by atoms with Crippen molar-refractivity contribution in [1.29, 1.82) is 0 Å². The van der Waals surface area contributed by atoms with E-state index in [4.69, 9.17) is 5.11 Å². The van der Waals surface area contributed by atoms with Gasteiger partial charge in [-0.05, 0) is 16.7 Å². The Labute approximate surface area is 84.7 Å². The molecule has 1 aromatic carbocycles. The summed E-state index contributed by atoms with van der Waals surface area (Å²) in [7, 11) is 0. The topological polar surface area (TPSA) is 20.2 Å². The van der Waals surface area contributed by atoms with Gasteiger partial charge in [0.15, 0.2) is 0 Å². The summed E-state index contributed by atoms with van der Waals surface area (Å²) in [6, 6.07) is 7.72. The third-order valence-corrected chi connectivity index (χ3v) is 1.99. The molecule has 0 aliphatic heterocycles. The molecular weight excluding hydrogens is 172 g/mol. The minimum Gasteiger partial charge on any atom is -0.392 e. The lowest BCUT2D eigenvalue weighted by Crippen LogP contribution is -1.84. The maximum absolute atomic E-state index is 8.88. The van der Waals surface area contributed by atoms with Crippen LogP contribution >= 0.6 is 0 Å². The van der Waals surface area contributed by atoms with E-state index in [2.05, 4.69) is 13.2 Å². The van der Waals surface area contributed by atoms with Crippen LogP contribution in [0, 0.1) is 0 Å². The average molecular weight is 186 g/mol. The number of hydrogen-bond acceptors (Lipinski definition) is 1. The molecule has 0 radical (unpaired) electrons. The summed E-state index contributed by atoms with van der Waals surface area (Å²) in [5.74, 6) is 0. The third-order valence-electron chi connectivity index (χ3n) is 1.99. The van der Waals surface area contributed by atoms with Gasteiger partial charge in [-0.2, -0.15) is 0 Å². The Hall–Kier alpha value is -1.60. The molecule has 0 heterocycles. The van der Waals surface area contributed by atoms with Gasteiger partial charge in [-0.25, -0.2) is 0 Å². The highest BCUT2D eigenvalue weighted by atomic mass is 16.3. The Morgan fingerprint density at radius 3 is 2.29 bits per heavy atom. The van der Waals surface area contributed by atoms with Gasteiger partial charge in [-0.3, -0.25) is 0 Å². The van der Waals surface area contributed by atoms with Crippen molar-refractivity contribution < 1.29 is 5.11 Å². The number of rotatable bonds is 4. The van der Waals surface area contributed by atoms with Crippen LogP contribution in [0.3, 0.4) is 0 Å². The van der Waals surface area contributed by atoms with E-state index in [1.54, 1.807) is 12.2 Å². The van der Waals surface area contributed by atoms with Gasteiger partial charge in [-0.1, -0.05) is 55.7 Å². The number of aliphatic hydroxyl groups is 1. The van der Waals surface area contributed by atoms with Crippen LogP contribution in [0.2, 0.25) is 0 Å². The summed E-state index contributed by atoms with van der Waals surface area (Å²) in [6.45, 7) is 7.45. The highest BCUT2D eigenvalue weighted by molar-refractivity contribution is 5.74. The van der Waals surface area contributed by atoms with Crippen LogP contribution in [0.4, 0.5) is 0 Å². The first-order valence-corrected chi connectivity index (χ1v) is 4.47. The first kappa shape index (κ1) is 10.5. The predicted molar refractivity (Wildman–Crippen MR) is 60.7 cm³/mol. The quantitative estimate of drug-likeness (QED) is 0.717. The molecular formula is C13H14O. The number of hydrogen-bond donors (Lipinski definition) is 1. The first-order valence-electron chi connectivity index (χ1n) is 4.47. The second-order valence-corrected chi connectivity index (χ2v) is 2.92. The Morgan fingerprint density at radius 2 is 1.86 bits per heavy atom. The zero-order valence-electron chi connectivity index (χ0n) is 8.11. The molecule has 0 bridgehead atoms. The molecule has 0 amide bonds. The minimum absolute atomic E-state index is 0.0782. The van der Waals surface area contributed by atoms with E-state index >= 15 is 0 Å². The fraction of sp³-hybridized carbons (Fsp3) is 0.0769. The molecule has 1 rings (SSSR count). The number of benzene rings is 1. The number of allylic oxidation sites excluding steroid dienone is 4. The van der Waals surface area contributed by atoms with Crippen LogP contribution < -0.4 is 0 Å². The summed E-state index contributed by atoms with van der Waals surface area (Å²) in [4.78, 5) is 0. The molecule has 0 saturated heterocycles. The molecule has 0 aliphatic carbocycles. The van der Waals surface area contributed by atoms with Crippen molar-refractivity contribution in [3.63, 3.8) is 0 Å². The maximum Gasteiger partial charge on any atom is 0.0681 e. The van der Waals surface area contributed by atoms with Crippen molar-refractivity contribution in [2.45, 2.75) is 6.61 Å². The smallest absolute Gasteiger partial charge is 0.0681 e. The second kappa shape index (κ2) is 5.20. The lowest BCUT2D eigenvalue weighted by atomic mass is 10.0. The van der Waals surface area contributed by atoms with Crippen LogP contribution in [0.5, 0.6) is 0 Å². The molecule has 0 aliphatic rings. The van der Waals surface area contributed by atoms with E-state index in [9.17, 15) is 0 Å². The second-order valence-electron chi connectivity index (χ2n) is 2.92. The highest BCUT2D eigenvalue weighted by Gasteiger charge is 1.96. The molecule has 0 saturated carbocycles. The van der Waals surface area contributed by atoms with E-state index in [-0.39, 0.29) is 6.61 Å². The fourth-order valence-electron chi connectivity index (χ4n) is 1.21. The fourth-order valence-corrected chi connectivity index (χ4v) is 1.21. The molecule has 72 valence electrons. The Morgan fingerprint density at radius 1 is 1.21 bits per heavy atom. The largest absolute Gasteiger partial charge is 0.392 e. The van der Waals surface area contributed by atoms with Crippen molar-refractivity contribution in [1.82, 2.24) is 0 Å². The van der Waals surface area contributed by atoms with E-state index in [1.807, 2.05) is 30.3 Å². The van der Waals surface area contributed by atoms with Gasteiger partial charge >= 0.3 is 0 Å². The minimum atomic E-state index is 0.0782. The third kappa shape index (κ3) is 2.44. The molecule has 1 N–H and O–H groups in total. The number of aliphatic hydroxyl groups excluding tert-OH is 1. The monoisotopic (exact) mass is 186 g/mol. The van der Waals surface area contributed by atoms with Crippen molar-refractivity contribution in [2.24, 2.45) is 0 Å². The highest BCUT2D eigenvalue weighted by Crippen LogP contribution is 2.16. The molecule has 0 fully saturated rings. The summed E-state index contributed by atoms with van der Waals surface area (Å²) >= 11 is 0.